The van der Waals surface area contributed by atoms with Crippen molar-refractivity contribution in [2.75, 3.05) is 6.54 Å². The van der Waals surface area contributed by atoms with E-state index in [1.807, 2.05) is 0 Å². The number of fused-ring (bicyclic) bond motifs is 1. The molecule has 0 atom stereocenters. The van der Waals surface area contributed by atoms with E-state index in [1.54, 1.807) is 23.9 Å². The second-order valence-corrected chi connectivity index (χ2v) is 5.99. The average molecular weight is 275 g/mol. The Hall–Kier alpha value is -1.62. The minimum absolute atomic E-state index is 0.0546. The number of nitrogens with zero attached hydrogens (tertiary/aromatic N) is 1. The average Bonchev–Trinajstić information content (AvgIpc) is 3.07. The highest BCUT2D eigenvalue weighted by atomic mass is 32.1. The fraction of sp³-hybridized carbons (Fsp3) is 0.429. The van der Waals surface area contributed by atoms with Gasteiger partial charge >= 0.3 is 0 Å². The number of H-pyrrole nitrogens is 1. The molecule has 0 bridgehead atoms. The van der Waals surface area contributed by atoms with Crippen LogP contribution in [0.25, 0.3) is 0 Å². The Kier molecular flexibility index (Phi) is 3.64. The Balaban J connectivity index is 1.56. The third-order valence-corrected chi connectivity index (χ3v) is 4.69. The molecule has 1 amide bonds. The summed E-state index contributed by atoms with van der Waals surface area (Å²) in [6.07, 6.45) is 9.02. The van der Waals surface area contributed by atoms with E-state index in [1.165, 1.54) is 23.3 Å². The van der Waals surface area contributed by atoms with Crippen LogP contribution in [0.3, 0.4) is 0 Å². The predicted molar refractivity (Wildman–Crippen MR) is 75.6 cm³/mol. The van der Waals surface area contributed by atoms with Crippen LogP contribution in [0, 0.1) is 0 Å². The van der Waals surface area contributed by atoms with Gasteiger partial charge in [-0.25, -0.2) is 4.98 Å². The summed E-state index contributed by atoms with van der Waals surface area (Å²) in [6, 6.07) is 2.07. The minimum Gasteiger partial charge on any atom is -0.351 e. The molecule has 0 spiro atoms. The molecule has 3 rings (SSSR count). The molecule has 19 heavy (non-hydrogen) atoms. The van der Waals surface area contributed by atoms with Crippen molar-refractivity contribution in [2.45, 2.75) is 32.1 Å². The van der Waals surface area contributed by atoms with Gasteiger partial charge in [0.15, 0.2) is 0 Å². The van der Waals surface area contributed by atoms with Gasteiger partial charge in [-0.05, 0) is 37.3 Å². The number of aromatic nitrogens is 2. The van der Waals surface area contributed by atoms with E-state index in [0.29, 0.717) is 6.54 Å². The number of amides is 1. The monoisotopic (exact) mass is 275 g/mol. The molecular formula is C14H17N3OS. The molecule has 5 heteroatoms. The molecule has 0 saturated carbocycles. The van der Waals surface area contributed by atoms with Crippen LogP contribution in [0.15, 0.2) is 18.6 Å². The molecule has 1 aliphatic carbocycles. The summed E-state index contributed by atoms with van der Waals surface area (Å²) in [5, 5.41) is 2.97. The lowest BCUT2D eigenvalue weighted by Crippen LogP contribution is -2.24. The smallest absolute Gasteiger partial charge is 0.261 e. The van der Waals surface area contributed by atoms with E-state index >= 15 is 0 Å². The first-order chi connectivity index (χ1) is 9.33. The van der Waals surface area contributed by atoms with Crippen LogP contribution in [0.4, 0.5) is 0 Å². The second-order valence-electron chi connectivity index (χ2n) is 4.85. The zero-order valence-electron chi connectivity index (χ0n) is 10.7. The number of hydrogen-bond donors (Lipinski definition) is 2. The van der Waals surface area contributed by atoms with E-state index in [-0.39, 0.29) is 5.91 Å². The summed E-state index contributed by atoms with van der Waals surface area (Å²) < 4.78 is 0. The van der Waals surface area contributed by atoms with Crippen LogP contribution in [0.1, 0.15) is 38.6 Å². The summed E-state index contributed by atoms with van der Waals surface area (Å²) in [7, 11) is 0. The van der Waals surface area contributed by atoms with Crippen LogP contribution in [-0.2, 0) is 19.3 Å². The van der Waals surface area contributed by atoms with Crippen molar-refractivity contribution in [2.24, 2.45) is 0 Å². The number of aryl methyl sites for hydroxylation is 2. The van der Waals surface area contributed by atoms with Gasteiger partial charge in [0, 0.05) is 29.7 Å². The van der Waals surface area contributed by atoms with Crippen molar-refractivity contribution in [1.29, 1.82) is 0 Å². The molecule has 0 fully saturated rings. The molecule has 0 unspecified atom stereocenters. The van der Waals surface area contributed by atoms with E-state index in [2.05, 4.69) is 21.4 Å². The summed E-state index contributed by atoms with van der Waals surface area (Å²) in [6.45, 7) is 0.642. The van der Waals surface area contributed by atoms with Gasteiger partial charge in [0.2, 0.25) is 0 Å². The molecule has 0 aliphatic heterocycles. The number of carbonyl (C=O) groups is 1. The van der Waals surface area contributed by atoms with Gasteiger partial charge in [-0.1, -0.05) is 0 Å². The molecule has 2 heterocycles. The fourth-order valence-corrected chi connectivity index (χ4v) is 3.59. The van der Waals surface area contributed by atoms with Gasteiger partial charge in [-0.15, -0.1) is 11.3 Å². The van der Waals surface area contributed by atoms with E-state index in [0.717, 1.165) is 29.8 Å². The van der Waals surface area contributed by atoms with Crippen molar-refractivity contribution in [3.8, 4) is 0 Å². The summed E-state index contributed by atoms with van der Waals surface area (Å²) in [5.41, 5.74) is 2.43. The highest BCUT2D eigenvalue weighted by Crippen LogP contribution is 2.29. The molecule has 0 radical (unpaired) electrons. The second kappa shape index (κ2) is 5.57. The normalized spacial score (nSPS) is 14.1. The fourth-order valence-electron chi connectivity index (χ4n) is 2.42. The lowest BCUT2D eigenvalue weighted by molar-refractivity contribution is 0.0958. The third-order valence-electron chi connectivity index (χ3n) is 3.46. The van der Waals surface area contributed by atoms with Crippen LogP contribution < -0.4 is 5.32 Å². The lowest BCUT2D eigenvalue weighted by atomic mass is 9.99. The standard InChI is InChI=1S/C14H17N3OS/c18-14(16-6-5-11-8-15-9-17-11)13-7-10-3-1-2-4-12(10)19-13/h7-9H,1-6H2,(H,15,17)(H,16,18). The molecule has 2 aromatic heterocycles. The lowest BCUT2D eigenvalue weighted by Gasteiger charge is -2.08. The number of nitrogens with one attached hydrogen (secondary N) is 2. The molecule has 1 aliphatic rings. The van der Waals surface area contributed by atoms with Crippen LogP contribution in [0.2, 0.25) is 0 Å². The molecule has 0 saturated heterocycles. The van der Waals surface area contributed by atoms with Crippen LogP contribution in [-0.4, -0.2) is 22.4 Å². The van der Waals surface area contributed by atoms with Gasteiger partial charge in [0.25, 0.3) is 5.91 Å². The molecule has 100 valence electrons. The first kappa shape index (κ1) is 12.4. The Morgan fingerprint density at radius 2 is 2.32 bits per heavy atom. The Morgan fingerprint density at radius 3 is 3.11 bits per heavy atom. The zero-order chi connectivity index (χ0) is 13.1. The van der Waals surface area contributed by atoms with Crippen molar-refractivity contribution < 1.29 is 4.79 Å². The van der Waals surface area contributed by atoms with E-state index in [4.69, 9.17) is 0 Å². The van der Waals surface area contributed by atoms with Gasteiger partial charge in [-0.3, -0.25) is 4.79 Å². The predicted octanol–water partition coefficient (Wildman–Crippen LogP) is 2.32. The van der Waals surface area contributed by atoms with Gasteiger partial charge in [-0.2, -0.15) is 0 Å². The highest BCUT2D eigenvalue weighted by Gasteiger charge is 2.16. The highest BCUT2D eigenvalue weighted by molar-refractivity contribution is 7.14. The van der Waals surface area contributed by atoms with Gasteiger partial charge < -0.3 is 10.3 Å². The Bertz CT molecular complexity index is 536. The molecule has 0 aromatic carbocycles. The largest absolute Gasteiger partial charge is 0.351 e. The number of rotatable bonds is 4. The topological polar surface area (TPSA) is 57.8 Å². The molecule has 4 nitrogen and oxygen atoms in total. The van der Waals surface area contributed by atoms with Crippen LogP contribution >= 0.6 is 11.3 Å². The van der Waals surface area contributed by atoms with Crippen molar-refractivity contribution in [3.05, 3.63) is 39.6 Å². The SMILES string of the molecule is O=C(NCCc1cnc[nH]1)c1cc2c(s1)CCCC2. The number of hydrogen-bond acceptors (Lipinski definition) is 3. The van der Waals surface area contributed by atoms with Crippen molar-refractivity contribution in [3.63, 3.8) is 0 Å². The minimum atomic E-state index is 0.0546. The zero-order valence-corrected chi connectivity index (χ0v) is 11.6. The van der Waals surface area contributed by atoms with Crippen molar-refractivity contribution in [1.82, 2.24) is 15.3 Å². The number of carbonyl (C=O) groups excluding carboxylic acids is 1. The summed E-state index contributed by atoms with van der Waals surface area (Å²) in [4.78, 5) is 21.3. The molecular weight excluding hydrogens is 258 g/mol. The van der Waals surface area contributed by atoms with E-state index in [9.17, 15) is 4.79 Å². The summed E-state index contributed by atoms with van der Waals surface area (Å²) in [5.74, 6) is 0.0546. The quantitative estimate of drug-likeness (QED) is 0.899. The molecule has 2 aromatic rings. The Labute approximate surface area is 116 Å². The first-order valence-corrected chi connectivity index (χ1v) is 7.51. The van der Waals surface area contributed by atoms with E-state index < -0.39 is 0 Å². The third kappa shape index (κ3) is 2.87. The maximum atomic E-state index is 12.1. The number of thiophene rings is 1. The first-order valence-electron chi connectivity index (χ1n) is 6.70. The number of imidazole rings is 1. The summed E-state index contributed by atoms with van der Waals surface area (Å²) >= 11 is 1.66. The Morgan fingerprint density at radius 1 is 1.42 bits per heavy atom. The van der Waals surface area contributed by atoms with Gasteiger partial charge in [0.05, 0.1) is 11.2 Å². The molecule has 2 N–H and O–H groups in total. The van der Waals surface area contributed by atoms with Crippen LogP contribution in [0.5, 0.6) is 0 Å². The maximum Gasteiger partial charge on any atom is 0.261 e. The van der Waals surface area contributed by atoms with Crippen molar-refractivity contribution >= 4 is 17.2 Å². The maximum absolute atomic E-state index is 12.1. The number of aromatic amines is 1. The van der Waals surface area contributed by atoms with Gasteiger partial charge in [0.1, 0.15) is 0 Å².